The van der Waals surface area contributed by atoms with Crippen molar-refractivity contribution in [3.63, 3.8) is 0 Å². The van der Waals surface area contributed by atoms with E-state index in [9.17, 15) is 0 Å². The minimum absolute atomic E-state index is 0.0342. The van der Waals surface area contributed by atoms with E-state index in [0.29, 0.717) is 13.2 Å². The molecular weight excluding hydrogens is 190 g/mol. The number of H-pyrrole nitrogens is 1. The molecule has 1 aromatic heterocycles. The van der Waals surface area contributed by atoms with Crippen molar-refractivity contribution in [2.24, 2.45) is 0 Å². The number of imidazole rings is 1. The highest BCUT2D eigenvalue weighted by Gasteiger charge is 2.44. The number of nitriles is 1. The molecule has 0 aromatic carbocycles. The maximum atomic E-state index is 9.11. The van der Waals surface area contributed by atoms with Crippen LogP contribution >= 0.6 is 0 Å². The molecule has 2 heterocycles. The van der Waals surface area contributed by atoms with E-state index in [-0.39, 0.29) is 5.41 Å². The van der Waals surface area contributed by atoms with Crippen LogP contribution in [0.1, 0.15) is 32.3 Å². The standard InChI is InChI=1S/C11H15N3O/c1-10(2,3)8-4-13-9(14-8)11(5-12)6-15-7-11/h4H,6-7H2,1-3H3,(H,13,14). The Hall–Kier alpha value is -1.34. The van der Waals surface area contributed by atoms with Crippen LogP contribution in [-0.4, -0.2) is 23.2 Å². The van der Waals surface area contributed by atoms with Gasteiger partial charge in [0, 0.05) is 17.3 Å². The largest absolute Gasteiger partial charge is 0.377 e. The second-order valence-corrected chi connectivity index (χ2v) is 5.08. The first-order chi connectivity index (χ1) is 6.98. The molecule has 0 amide bonds. The molecule has 0 saturated carbocycles. The highest BCUT2D eigenvalue weighted by molar-refractivity contribution is 5.27. The Labute approximate surface area is 89.3 Å². The lowest BCUT2D eigenvalue weighted by molar-refractivity contribution is -0.0336. The first-order valence-electron chi connectivity index (χ1n) is 5.03. The molecule has 2 rings (SSSR count). The first-order valence-corrected chi connectivity index (χ1v) is 5.03. The summed E-state index contributed by atoms with van der Waals surface area (Å²) in [6, 6.07) is 2.28. The van der Waals surface area contributed by atoms with Crippen LogP contribution < -0.4 is 0 Å². The molecule has 15 heavy (non-hydrogen) atoms. The Kier molecular flexibility index (Phi) is 2.09. The Balaban J connectivity index is 2.32. The van der Waals surface area contributed by atoms with Crippen molar-refractivity contribution < 1.29 is 4.74 Å². The van der Waals surface area contributed by atoms with Gasteiger partial charge >= 0.3 is 0 Å². The lowest BCUT2D eigenvalue weighted by Gasteiger charge is -2.33. The van der Waals surface area contributed by atoms with Gasteiger partial charge in [0.2, 0.25) is 0 Å². The predicted octanol–water partition coefficient (Wildman–Crippen LogP) is 1.50. The van der Waals surface area contributed by atoms with Crippen LogP contribution in [-0.2, 0) is 15.6 Å². The molecule has 0 spiro atoms. The maximum Gasteiger partial charge on any atom is 0.161 e. The van der Waals surface area contributed by atoms with E-state index in [0.717, 1.165) is 11.5 Å². The van der Waals surface area contributed by atoms with Gasteiger partial charge in [0.1, 0.15) is 5.82 Å². The van der Waals surface area contributed by atoms with Gasteiger partial charge in [-0.1, -0.05) is 20.8 Å². The normalized spacial score (nSPS) is 19.3. The lowest BCUT2D eigenvalue weighted by atomic mass is 9.87. The summed E-state index contributed by atoms with van der Waals surface area (Å²) in [4.78, 5) is 7.52. The molecule has 0 unspecified atom stereocenters. The number of aromatic amines is 1. The number of hydrogen-bond acceptors (Lipinski definition) is 3. The van der Waals surface area contributed by atoms with Crippen molar-refractivity contribution in [3.05, 3.63) is 17.7 Å². The zero-order valence-corrected chi connectivity index (χ0v) is 9.29. The van der Waals surface area contributed by atoms with E-state index in [2.05, 4.69) is 36.8 Å². The van der Waals surface area contributed by atoms with Gasteiger partial charge in [0.15, 0.2) is 5.41 Å². The topological polar surface area (TPSA) is 61.7 Å². The van der Waals surface area contributed by atoms with Gasteiger partial charge < -0.3 is 9.72 Å². The fraction of sp³-hybridized carbons (Fsp3) is 0.636. The van der Waals surface area contributed by atoms with Crippen LogP contribution in [0, 0.1) is 11.3 Å². The molecule has 80 valence electrons. The number of rotatable bonds is 1. The Bertz CT molecular complexity index is 404. The van der Waals surface area contributed by atoms with Crippen molar-refractivity contribution in [1.29, 1.82) is 5.26 Å². The second-order valence-electron chi connectivity index (χ2n) is 5.08. The van der Waals surface area contributed by atoms with Crippen molar-refractivity contribution in [2.45, 2.75) is 31.6 Å². The predicted molar refractivity (Wildman–Crippen MR) is 55.4 cm³/mol. The van der Waals surface area contributed by atoms with E-state index in [4.69, 9.17) is 10.00 Å². The van der Waals surface area contributed by atoms with Crippen molar-refractivity contribution in [3.8, 4) is 6.07 Å². The fourth-order valence-corrected chi connectivity index (χ4v) is 1.51. The third kappa shape index (κ3) is 1.53. The summed E-state index contributed by atoms with van der Waals surface area (Å²) in [5.41, 5.74) is 0.551. The molecule has 0 radical (unpaired) electrons. The third-order valence-electron chi connectivity index (χ3n) is 2.75. The Morgan fingerprint density at radius 1 is 1.53 bits per heavy atom. The van der Waals surface area contributed by atoms with E-state index >= 15 is 0 Å². The van der Waals surface area contributed by atoms with Crippen LogP contribution in [0.15, 0.2) is 6.20 Å². The van der Waals surface area contributed by atoms with E-state index in [1.54, 1.807) is 0 Å². The Morgan fingerprint density at radius 3 is 2.53 bits per heavy atom. The molecule has 4 nitrogen and oxygen atoms in total. The maximum absolute atomic E-state index is 9.11. The average molecular weight is 205 g/mol. The van der Waals surface area contributed by atoms with E-state index in [1.807, 2.05) is 6.20 Å². The molecule has 1 aliphatic rings. The van der Waals surface area contributed by atoms with Crippen LogP contribution in [0.4, 0.5) is 0 Å². The van der Waals surface area contributed by atoms with Crippen LogP contribution in [0.3, 0.4) is 0 Å². The van der Waals surface area contributed by atoms with Crippen molar-refractivity contribution >= 4 is 0 Å². The lowest BCUT2D eigenvalue weighted by Crippen LogP contribution is -2.46. The van der Waals surface area contributed by atoms with Gasteiger partial charge in [-0.05, 0) is 0 Å². The summed E-state index contributed by atoms with van der Waals surface area (Å²) in [5.74, 6) is 0.737. The molecule has 4 heteroatoms. The first kappa shape index (κ1) is 10.2. The molecule has 1 aliphatic heterocycles. The third-order valence-corrected chi connectivity index (χ3v) is 2.75. The summed E-state index contributed by atoms with van der Waals surface area (Å²) in [5, 5.41) is 9.11. The molecular formula is C11H15N3O. The van der Waals surface area contributed by atoms with Crippen LogP contribution in [0.2, 0.25) is 0 Å². The second kappa shape index (κ2) is 3.07. The molecule has 0 atom stereocenters. The van der Waals surface area contributed by atoms with Gasteiger partial charge in [0.25, 0.3) is 0 Å². The van der Waals surface area contributed by atoms with Crippen molar-refractivity contribution in [2.75, 3.05) is 13.2 Å². The number of nitrogens with zero attached hydrogens (tertiary/aromatic N) is 2. The van der Waals surface area contributed by atoms with Gasteiger partial charge in [-0.2, -0.15) is 5.26 Å². The zero-order valence-electron chi connectivity index (χ0n) is 9.29. The summed E-state index contributed by atoms with van der Waals surface area (Å²) in [7, 11) is 0. The Morgan fingerprint density at radius 2 is 2.20 bits per heavy atom. The highest BCUT2D eigenvalue weighted by Crippen LogP contribution is 2.31. The monoisotopic (exact) mass is 205 g/mol. The fourth-order valence-electron chi connectivity index (χ4n) is 1.51. The highest BCUT2D eigenvalue weighted by atomic mass is 16.5. The van der Waals surface area contributed by atoms with E-state index in [1.165, 1.54) is 0 Å². The van der Waals surface area contributed by atoms with Gasteiger partial charge in [-0.15, -0.1) is 0 Å². The number of hydrogen-bond donors (Lipinski definition) is 1. The van der Waals surface area contributed by atoms with E-state index < -0.39 is 5.41 Å². The molecule has 1 aromatic rings. The summed E-state index contributed by atoms with van der Waals surface area (Å²) in [6.07, 6.45) is 1.81. The summed E-state index contributed by atoms with van der Waals surface area (Å²) < 4.78 is 5.10. The van der Waals surface area contributed by atoms with Gasteiger partial charge in [-0.3, -0.25) is 0 Å². The van der Waals surface area contributed by atoms with Crippen molar-refractivity contribution in [1.82, 2.24) is 9.97 Å². The SMILES string of the molecule is CC(C)(C)c1cnc(C2(C#N)COC2)[nH]1. The molecule has 1 N–H and O–H groups in total. The number of ether oxygens (including phenoxy) is 1. The molecule has 0 aliphatic carbocycles. The van der Waals surface area contributed by atoms with Crippen LogP contribution in [0.5, 0.6) is 0 Å². The molecule has 1 fully saturated rings. The molecule has 0 bridgehead atoms. The summed E-state index contributed by atoms with van der Waals surface area (Å²) in [6.45, 7) is 7.23. The zero-order chi connectivity index (χ0) is 11.1. The number of nitrogens with one attached hydrogen (secondary N) is 1. The minimum atomic E-state index is -0.538. The molecule has 1 saturated heterocycles. The summed E-state index contributed by atoms with van der Waals surface area (Å²) >= 11 is 0. The smallest absolute Gasteiger partial charge is 0.161 e. The van der Waals surface area contributed by atoms with Gasteiger partial charge in [-0.25, -0.2) is 4.98 Å². The number of aromatic nitrogens is 2. The quantitative estimate of drug-likeness (QED) is 0.755. The van der Waals surface area contributed by atoms with Crippen LogP contribution in [0.25, 0.3) is 0 Å². The minimum Gasteiger partial charge on any atom is -0.377 e. The van der Waals surface area contributed by atoms with Gasteiger partial charge in [0.05, 0.1) is 19.3 Å². The average Bonchev–Trinajstić information content (AvgIpc) is 2.51.